The number of hydrogen-bond acceptors (Lipinski definition) is 2. The zero-order chi connectivity index (χ0) is 7.03. The van der Waals surface area contributed by atoms with Crippen molar-refractivity contribution in [3.05, 3.63) is 0 Å². The summed E-state index contributed by atoms with van der Waals surface area (Å²) >= 11 is 0. The van der Waals surface area contributed by atoms with Gasteiger partial charge in [-0.1, -0.05) is 19.3 Å². The number of aliphatic hydroxyl groups is 1. The predicted octanol–water partition coefficient (Wildman–Crippen LogP) is 1.08. The second kappa shape index (κ2) is 2.21. The van der Waals surface area contributed by atoms with Crippen molar-refractivity contribution in [3.63, 3.8) is 0 Å². The minimum absolute atomic E-state index is 0.0851. The monoisotopic (exact) mass is 142 g/mol. The Labute approximate surface area is 61.2 Å². The molecule has 2 rings (SSSR count). The smallest absolute Gasteiger partial charge is 0.106 e. The van der Waals surface area contributed by atoms with Crippen LogP contribution in [0.25, 0.3) is 0 Å². The van der Waals surface area contributed by atoms with E-state index in [1.807, 2.05) is 0 Å². The average molecular weight is 142 g/mol. The molecule has 0 aromatic carbocycles. The first-order valence-corrected chi connectivity index (χ1v) is 4.16. The van der Waals surface area contributed by atoms with Gasteiger partial charge in [0.15, 0.2) is 0 Å². The van der Waals surface area contributed by atoms with Gasteiger partial charge in [-0.15, -0.1) is 0 Å². The standard InChI is InChI=1S/C8H14O2/c9-7-6-10-8(7)4-2-1-3-5-8/h7,9H,1-6H2. The van der Waals surface area contributed by atoms with Crippen LogP contribution in [0.3, 0.4) is 0 Å². The molecule has 0 radical (unpaired) electrons. The molecule has 1 N–H and O–H groups in total. The summed E-state index contributed by atoms with van der Waals surface area (Å²) in [4.78, 5) is 0. The summed E-state index contributed by atoms with van der Waals surface area (Å²) in [6.07, 6.45) is 5.78. The molecule has 1 unspecified atom stereocenters. The van der Waals surface area contributed by atoms with Crippen molar-refractivity contribution in [1.29, 1.82) is 0 Å². The molecule has 10 heavy (non-hydrogen) atoms. The Bertz CT molecular complexity index is 127. The highest BCUT2D eigenvalue weighted by atomic mass is 16.6. The fraction of sp³-hybridized carbons (Fsp3) is 1.00. The molecule has 1 aliphatic heterocycles. The SMILES string of the molecule is OC1COC12CCCCC2. The number of rotatable bonds is 0. The molecule has 2 aliphatic rings. The van der Waals surface area contributed by atoms with Crippen molar-refractivity contribution < 1.29 is 9.84 Å². The van der Waals surface area contributed by atoms with Crippen LogP contribution in [0.5, 0.6) is 0 Å². The molecule has 1 aliphatic carbocycles. The molecule has 1 spiro atoms. The molecule has 1 heterocycles. The molecule has 2 fully saturated rings. The molecule has 1 atom stereocenters. The molecule has 0 bridgehead atoms. The fourth-order valence-electron chi connectivity index (χ4n) is 2.02. The largest absolute Gasteiger partial charge is 0.388 e. The Kier molecular flexibility index (Phi) is 1.46. The first kappa shape index (κ1) is 6.62. The van der Waals surface area contributed by atoms with Crippen molar-refractivity contribution >= 4 is 0 Å². The average Bonchev–Trinajstić information content (AvgIpc) is 2.04. The summed E-state index contributed by atoms with van der Waals surface area (Å²) in [7, 11) is 0. The second-order valence-corrected chi connectivity index (χ2v) is 3.45. The quantitative estimate of drug-likeness (QED) is 0.548. The van der Waals surface area contributed by atoms with Gasteiger partial charge in [0.05, 0.1) is 12.2 Å². The third-order valence-electron chi connectivity index (χ3n) is 2.84. The van der Waals surface area contributed by atoms with E-state index < -0.39 is 0 Å². The molecular formula is C8H14O2. The Balaban J connectivity index is 1.99. The Morgan fingerprint density at radius 2 is 1.90 bits per heavy atom. The highest BCUT2D eigenvalue weighted by Crippen LogP contribution is 2.40. The van der Waals surface area contributed by atoms with Crippen molar-refractivity contribution in [2.24, 2.45) is 0 Å². The lowest BCUT2D eigenvalue weighted by Gasteiger charge is -2.48. The lowest BCUT2D eigenvalue weighted by molar-refractivity contribution is -0.250. The molecule has 2 nitrogen and oxygen atoms in total. The topological polar surface area (TPSA) is 29.5 Å². The van der Waals surface area contributed by atoms with Crippen molar-refractivity contribution in [1.82, 2.24) is 0 Å². The Morgan fingerprint density at radius 3 is 2.20 bits per heavy atom. The fourth-order valence-corrected chi connectivity index (χ4v) is 2.02. The minimum Gasteiger partial charge on any atom is -0.388 e. The van der Waals surface area contributed by atoms with Gasteiger partial charge in [-0.2, -0.15) is 0 Å². The van der Waals surface area contributed by atoms with Crippen LogP contribution in [-0.4, -0.2) is 23.4 Å². The summed E-state index contributed by atoms with van der Waals surface area (Å²) in [6.45, 7) is 0.569. The summed E-state index contributed by atoms with van der Waals surface area (Å²) in [5.41, 5.74) is -0.0851. The lowest BCUT2D eigenvalue weighted by Crippen LogP contribution is -2.58. The van der Waals surface area contributed by atoms with Gasteiger partial charge in [0.1, 0.15) is 6.10 Å². The minimum atomic E-state index is -0.159. The third kappa shape index (κ3) is 0.789. The van der Waals surface area contributed by atoms with E-state index in [0.29, 0.717) is 6.61 Å². The van der Waals surface area contributed by atoms with Crippen LogP contribution in [-0.2, 0) is 4.74 Å². The molecule has 1 saturated heterocycles. The third-order valence-corrected chi connectivity index (χ3v) is 2.84. The Hall–Kier alpha value is -0.0800. The molecule has 2 heteroatoms. The second-order valence-electron chi connectivity index (χ2n) is 3.45. The highest BCUT2D eigenvalue weighted by molar-refractivity contribution is 4.97. The number of aliphatic hydroxyl groups excluding tert-OH is 1. The van der Waals surface area contributed by atoms with E-state index in [1.165, 1.54) is 19.3 Å². The molecule has 0 amide bonds. The Morgan fingerprint density at radius 1 is 1.20 bits per heavy atom. The molecule has 1 saturated carbocycles. The van der Waals surface area contributed by atoms with Crippen LogP contribution in [0.4, 0.5) is 0 Å². The van der Waals surface area contributed by atoms with Crippen LogP contribution in [0.1, 0.15) is 32.1 Å². The highest BCUT2D eigenvalue weighted by Gasteiger charge is 2.47. The normalized spacial score (nSPS) is 37.5. The predicted molar refractivity (Wildman–Crippen MR) is 37.8 cm³/mol. The van der Waals surface area contributed by atoms with Gasteiger partial charge >= 0.3 is 0 Å². The van der Waals surface area contributed by atoms with Gasteiger partial charge in [-0.3, -0.25) is 0 Å². The van der Waals surface area contributed by atoms with Gasteiger partial charge in [0.2, 0.25) is 0 Å². The van der Waals surface area contributed by atoms with Crippen LogP contribution in [0.15, 0.2) is 0 Å². The lowest BCUT2D eigenvalue weighted by atomic mass is 9.77. The van der Waals surface area contributed by atoms with E-state index in [1.54, 1.807) is 0 Å². The maximum atomic E-state index is 9.40. The first-order chi connectivity index (χ1) is 4.83. The molecule has 58 valence electrons. The van der Waals surface area contributed by atoms with E-state index in [0.717, 1.165) is 12.8 Å². The van der Waals surface area contributed by atoms with Gasteiger partial charge in [-0.05, 0) is 12.8 Å². The number of ether oxygens (including phenoxy) is 1. The molecule has 0 aromatic heterocycles. The van der Waals surface area contributed by atoms with Crippen LogP contribution in [0.2, 0.25) is 0 Å². The first-order valence-electron chi connectivity index (χ1n) is 4.16. The molecular weight excluding hydrogens is 128 g/mol. The van der Waals surface area contributed by atoms with Crippen LogP contribution < -0.4 is 0 Å². The maximum absolute atomic E-state index is 9.40. The summed E-state index contributed by atoms with van der Waals surface area (Å²) in [5.74, 6) is 0. The summed E-state index contributed by atoms with van der Waals surface area (Å²) in [5, 5.41) is 9.40. The van der Waals surface area contributed by atoms with Crippen molar-refractivity contribution in [3.8, 4) is 0 Å². The van der Waals surface area contributed by atoms with Gasteiger partial charge in [0.25, 0.3) is 0 Å². The summed E-state index contributed by atoms with van der Waals surface area (Å²) in [6, 6.07) is 0. The molecule has 0 aromatic rings. The van der Waals surface area contributed by atoms with Crippen molar-refractivity contribution in [2.45, 2.75) is 43.8 Å². The van der Waals surface area contributed by atoms with E-state index >= 15 is 0 Å². The van der Waals surface area contributed by atoms with Gasteiger partial charge in [-0.25, -0.2) is 0 Å². The maximum Gasteiger partial charge on any atom is 0.106 e. The zero-order valence-electron chi connectivity index (χ0n) is 6.18. The number of hydrogen-bond donors (Lipinski definition) is 1. The summed E-state index contributed by atoms with van der Waals surface area (Å²) < 4.78 is 5.42. The van der Waals surface area contributed by atoms with E-state index in [-0.39, 0.29) is 11.7 Å². The van der Waals surface area contributed by atoms with E-state index in [4.69, 9.17) is 4.74 Å². The van der Waals surface area contributed by atoms with Crippen molar-refractivity contribution in [2.75, 3.05) is 6.61 Å². The van der Waals surface area contributed by atoms with Gasteiger partial charge in [0, 0.05) is 0 Å². The van der Waals surface area contributed by atoms with E-state index in [9.17, 15) is 5.11 Å². The van der Waals surface area contributed by atoms with Crippen LogP contribution >= 0.6 is 0 Å². The zero-order valence-corrected chi connectivity index (χ0v) is 6.18. The van der Waals surface area contributed by atoms with Crippen LogP contribution in [0, 0.1) is 0 Å². The van der Waals surface area contributed by atoms with E-state index in [2.05, 4.69) is 0 Å². The van der Waals surface area contributed by atoms with Gasteiger partial charge < -0.3 is 9.84 Å².